The van der Waals surface area contributed by atoms with Gasteiger partial charge in [0.2, 0.25) is 0 Å². The molecule has 0 aliphatic heterocycles. The zero-order chi connectivity index (χ0) is 10.2. The van der Waals surface area contributed by atoms with Crippen molar-refractivity contribution in [3.8, 4) is 11.8 Å². The van der Waals surface area contributed by atoms with E-state index in [1.54, 1.807) is 0 Å². The van der Waals surface area contributed by atoms with Gasteiger partial charge in [-0.25, -0.2) is 0 Å². The Balaban J connectivity index is 2.31. The molecule has 0 bridgehead atoms. The van der Waals surface area contributed by atoms with Gasteiger partial charge in [-0.2, -0.15) is 0 Å². The molecule has 2 nitrogen and oxygen atoms in total. The molecule has 0 unspecified atom stereocenters. The molecule has 0 saturated carbocycles. The van der Waals surface area contributed by atoms with E-state index in [9.17, 15) is 4.79 Å². The monoisotopic (exact) mass is 188 g/mol. The predicted octanol–water partition coefficient (Wildman–Crippen LogP) is 1.99. The smallest absolute Gasteiger partial charge is 0.302 e. The Labute approximate surface area is 83.9 Å². The average molecular weight is 188 g/mol. The van der Waals surface area contributed by atoms with Crippen molar-refractivity contribution in [2.24, 2.45) is 0 Å². The van der Waals surface area contributed by atoms with Gasteiger partial charge in [0.1, 0.15) is 6.61 Å². The van der Waals surface area contributed by atoms with Gasteiger partial charge in [0.25, 0.3) is 0 Å². The summed E-state index contributed by atoms with van der Waals surface area (Å²) in [5.41, 5.74) is 0.982. The van der Waals surface area contributed by atoms with E-state index in [2.05, 4.69) is 11.8 Å². The second-order valence-electron chi connectivity index (χ2n) is 2.76. The second kappa shape index (κ2) is 5.82. The summed E-state index contributed by atoms with van der Waals surface area (Å²) in [6, 6.07) is 9.72. The third kappa shape index (κ3) is 4.32. The first-order chi connectivity index (χ1) is 6.79. The van der Waals surface area contributed by atoms with E-state index in [4.69, 9.17) is 4.74 Å². The molecule has 0 atom stereocenters. The van der Waals surface area contributed by atoms with Crippen molar-refractivity contribution in [3.05, 3.63) is 35.9 Å². The van der Waals surface area contributed by atoms with Crippen LogP contribution in [0.3, 0.4) is 0 Å². The van der Waals surface area contributed by atoms with Crippen molar-refractivity contribution in [3.63, 3.8) is 0 Å². The zero-order valence-electron chi connectivity index (χ0n) is 8.12. The second-order valence-corrected chi connectivity index (χ2v) is 2.76. The molecular formula is C12H12O2. The highest BCUT2D eigenvalue weighted by Gasteiger charge is 1.88. The Morgan fingerprint density at radius 3 is 2.71 bits per heavy atom. The number of esters is 1. The topological polar surface area (TPSA) is 26.3 Å². The highest BCUT2D eigenvalue weighted by molar-refractivity contribution is 5.65. The molecule has 0 fully saturated rings. The SMILES string of the molecule is CC(=O)OCCC#Cc1ccccc1. The molecule has 0 aliphatic carbocycles. The fourth-order valence-electron chi connectivity index (χ4n) is 0.932. The Kier molecular flexibility index (Phi) is 4.30. The maximum atomic E-state index is 10.4. The van der Waals surface area contributed by atoms with E-state index in [1.807, 2.05) is 30.3 Å². The molecule has 0 spiro atoms. The van der Waals surface area contributed by atoms with Gasteiger partial charge < -0.3 is 4.74 Å². The maximum absolute atomic E-state index is 10.4. The molecule has 0 heterocycles. The molecule has 14 heavy (non-hydrogen) atoms. The molecule has 0 aliphatic rings. The number of carbonyl (C=O) groups excluding carboxylic acids is 1. The van der Waals surface area contributed by atoms with Crippen molar-refractivity contribution in [2.75, 3.05) is 6.61 Å². The van der Waals surface area contributed by atoms with Crippen molar-refractivity contribution in [2.45, 2.75) is 13.3 Å². The van der Waals surface area contributed by atoms with Crippen molar-refractivity contribution in [1.29, 1.82) is 0 Å². The lowest BCUT2D eigenvalue weighted by Gasteiger charge is -1.94. The summed E-state index contributed by atoms with van der Waals surface area (Å²) in [4.78, 5) is 10.4. The van der Waals surface area contributed by atoms with E-state index < -0.39 is 0 Å². The van der Waals surface area contributed by atoms with Crippen LogP contribution in [-0.4, -0.2) is 12.6 Å². The summed E-state index contributed by atoms with van der Waals surface area (Å²) in [5.74, 6) is 5.65. The van der Waals surface area contributed by atoms with Crippen molar-refractivity contribution in [1.82, 2.24) is 0 Å². The van der Waals surface area contributed by atoms with Gasteiger partial charge in [-0.1, -0.05) is 30.0 Å². The predicted molar refractivity (Wildman–Crippen MR) is 54.6 cm³/mol. The van der Waals surface area contributed by atoms with Gasteiger partial charge in [0.05, 0.1) is 0 Å². The molecular weight excluding hydrogens is 176 g/mol. The van der Waals surface area contributed by atoms with E-state index in [-0.39, 0.29) is 5.97 Å². The molecule has 0 saturated heterocycles. The van der Waals surface area contributed by atoms with E-state index in [0.29, 0.717) is 13.0 Å². The first-order valence-corrected chi connectivity index (χ1v) is 4.46. The number of carbonyl (C=O) groups is 1. The van der Waals surface area contributed by atoms with Crippen LogP contribution >= 0.6 is 0 Å². The van der Waals surface area contributed by atoms with Crippen LogP contribution in [0.5, 0.6) is 0 Å². The van der Waals surface area contributed by atoms with E-state index in [1.165, 1.54) is 6.92 Å². The molecule has 72 valence electrons. The van der Waals surface area contributed by atoms with Crippen LogP contribution in [0, 0.1) is 11.8 Å². The molecule has 0 amide bonds. The Morgan fingerprint density at radius 1 is 1.36 bits per heavy atom. The fourth-order valence-corrected chi connectivity index (χ4v) is 0.932. The molecule has 1 aromatic carbocycles. The molecule has 0 radical (unpaired) electrons. The number of hydrogen-bond donors (Lipinski definition) is 0. The third-order valence-corrected chi connectivity index (χ3v) is 1.54. The lowest BCUT2D eigenvalue weighted by atomic mass is 10.2. The van der Waals surface area contributed by atoms with E-state index >= 15 is 0 Å². The Bertz CT molecular complexity index is 344. The van der Waals surface area contributed by atoms with Gasteiger partial charge in [-0.3, -0.25) is 4.79 Å². The average Bonchev–Trinajstić information content (AvgIpc) is 2.18. The lowest BCUT2D eigenvalue weighted by molar-refractivity contribution is -0.140. The summed E-state index contributed by atoms with van der Waals surface area (Å²) >= 11 is 0. The van der Waals surface area contributed by atoms with Crippen molar-refractivity contribution >= 4 is 5.97 Å². The first kappa shape index (κ1) is 10.3. The minimum absolute atomic E-state index is 0.258. The van der Waals surface area contributed by atoms with E-state index in [0.717, 1.165) is 5.56 Å². The van der Waals surface area contributed by atoms with Crippen LogP contribution in [0.2, 0.25) is 0 Å². The Morgan fingerprint density at radius 2 is 2.07 bits per heavy atom. The molecule has 2 heteroatoms. The van der Waals surface area contributed by atoms with Gasteiger partial charge in [0, 0.05) is 18.9 Å². The normalized spacial score (nSPS) is 8.64. The largest absolute Gasteiger partial charge is 0.465 e. The summed E-state index contributed by atoms with van der Waals surface area (Å²) in [7, 11) is 0. The van der Waals surface area contributed by atoms with Gasteiger partial charge in [-0.05, 0) is 12.1 Å². The van der Waals surface area contributed by atoms with Crippen molar-refractivity contribution < 1.29 is 9.53 Å². The van der Waals surface area contributed by atoms with Gasteiger partial charge >= 0.3 is 5.97 Å². The first-order valence-electron chi connectivity index (χ1n) is 4.46. The molecule has 1 rings (SSSR count). The van der Waals surface area contributed by atoms with Gasteiger partial charge in [0.15, 0.2) is 0 Å². The zero-order valence-corrected chi connectivity index (χ0v) is 8.12. The van der Waals surface area contributed by atoms with Crippen LogP contribution < -0.4 is 0 Å². The van der Waals surface area contributed by atoms with Crippen LogP contribution in [-0.2, 0) is 9.53 Å². The third-order valence-electron chi connectivity index (χ3n) is 1.54. The highest BCUT2D eigenvalue weighted by Crippen LogP contribution is 1.94. The molecule has 0 aromatic heterocycles. The minimum atomic E-state index is -0.258. The fraction of sp³-hybridized carbons (Fsp3) is 0.250. The quantitative estimate of drug-likeness (QED) is 0.403. The summed E-state index contributed by atoms with van der Waals surface area (Å²) in [6.45, 7) is 1.76. The maximum Gasteiger partial charge on any atom is 0.302 e. The van der Waals surface area contributed by atoms with Crippen LogP contribution in [0.4, 0.5) is 0 Å². The van der Waals surface area contributed by atoms with Crippen LogP contribution in [0.1, 0.15) is 18.9 Å². The number of ether oxygens (including phenoxy) is 1. The highest BCUT2D eigenvalue weighted by atomic mass is 16.5. The minimum Gasteiger partial charge on any atom is -0.465 e. The number of rotatable bonds is 2. The van der Waals surface area contributed by atoms with Crippen LogP contribution in [0.25, 0.3) is 0 Å². The molecule has 1 aromatic rings. The summed E-state index contributed by atoms with van der Waals surface area (Å²) in [5, 5.41) is 0. The Hall–Kier alpha value is -1.75. The number of benzene rings is 1. The van der Waals surface area contributed by atoms with Crippen LogP contribution in [0.15, 0.2) is 30.3 Å². The van der Waals surface area contributed by atoms with Gasteiger partial charge in [-0.15, -0.1) is 0 Å². The number of hydrogen-bond acceptors (Lipinski definition) is 2. The molecule has 0 N–H and O–H groups in total. The lowest BCUT2D eigenvalue weighted by Crippen LogP contribution is -1.98. The summed E-state index contributed by atoms with van der Waals surface area (Å²) < 4.78 is 4.74. The summed E-state index contributed by atoms with van der Waals surface area (Å²) in [6.07, 6.45) is 0.578. The standard InChI is InChI=1S/C12H12O2/c1-11(13)14-10-6-5-9-12-7-3-2-4-8-12/h2-4,7-8H,6,10H2,1H3.